The Morgan fingerprint density at radius 2 is 1.85 bits per heavy atom. The average molecular weight is 353 g/mol. The first-order valence-electron chi connectivity index (χ1n) is 8.78. The fraction of sp³-hybridized carbons (Fsp3) is 0.333. The number of aliphatic carboxylic acids is 1. The van der Waals surface area contributed by atoms with E-state index in [1.165, 1.54) is 0 Å². The van der Waals surface area contributed by atoms with Gasteiger partial charge in [-0.05, 0) is 42.7 Å². The van der Waals surface area contributed by atoms with Crippen molar-refractivity contribution in [3.05, 3.63) is 65.2 Å². The molecule has 26 heavy (non-hydrogen) atoms. The number of carboxylic acid groups (broad SMARTS) is 1. The second kappa shape index (κ2) is 7.20. The van der Waals surface area contributed by atoms with Crippen LogP contribution in [0.15, 0.2) is 48.5 Å². The van der Waals surface area contributed by atoms with Crippen molar-refractivity contribution in [3.8, 4) is 5.75 Å². The molecular weight excluding hydrogens is 330 g/mol. The number of carbonyl (C=O) groups excluding carboxylic acids is 1. The van der Waals surface area contributed by atoms with Gasteiger partial charge in [0.1, 0.15) is 11.7 Å². The van der Waals surface area contributed by atoms with E-state index < -0.39 is 17.9 Å². The number of fused-ring (bicyclic) bond motifs is 1. The van der Waals surface area contributed by atoms with E-state index in [4.69, 9.17) is 4.74 Å². The van der Waals surface area contributed by atoms with Crippen LogP contribution in [0.4, 0.5) is 0 Å². The standard InChI is InChI=1S/C21H23NO4/c1-4-18-19(21(24)25)16-7-5-6-8-17(16)20(23)22(18)13(2)14-9-11-15(26-3)12-10-14/h5-13,18-19H,4H2,1-3H3,(H,24,25). The van der Waals surface area contributed by atoms with E-state index in [-0.39, 0.29) is 11.9 Å². The van der Waals surface area contributed by atoms with Crippen molar-refractivity contribution < 1.29 is 19.4 Å². The number of amides is 1. The van der Waals surface area contributed by atoms with Gasteiger partial charge in [-0.3, -0.25) is 9.59 Å². The Morgan fingerprint density at radius 3 is 2.42 bits per heavy atom. The van der Waals surface area contributed by atoms with Crippen molar-refractivity contribution in [1.29, 1.82) is 0 Å². The van der Waals surface area contributed by atoms with Crippen molar-refractivity contribution in [2.45, 2.75) is 38.3 Å². The van der Waals surface area contributed by atoms with Gasteiger partial charge in [0, 0.05) is 11.6 Å². The summed E-state index contributed by atoms with van der Waals surface area (Å²) in [6.07, 6.45) is 0.567. The molecule has 2 aromatic rings. The maximum atomic E-state index is 13.2. The van der Waals surface area contributed by atoms with Gasteiger partial charge < -0.3 is 14.7 Å². The highest BCUT2D eigenvalue weighted by molar-refractivity contribution is 6.00. The number of carbonyl (C=O) groups is 2. The molecular formula is C21H23NO4. The molecule has 5 nitrogen and oxygen atoms in total. The molecule has 0 saturated heterocycles. The smallest absolute Gasteiger partial charge is 0.313 e. The number of hydrogen-bond donors (Lipinski definition) is 1. The van der Waals surface area contributed by atoms with E-state index in [9.17, 15) is 14.7 Å². The minimum Gasteiger partial charge on any atom is -0.497 e. The van der Waals surface area contributed by atoms with E-state index >= 15 is 0 Å². The van der Waals surface area contributed by atoms with Gasteiger partial charge in [0.05, 0.1) is 13.2 Å². The summed E-state index contributed by atoms with van der Waals surface area (Å²) in [5.41, 5.74) is 2.03. The van der Waals surface area contributed by atoms with E-state index in [0.29, 0.717) is 17.5 Å². The Hall–Kier alpha value is -2.82. The third-order valence-corrected chi connectivity index (χ3v) is 5.20. The van der Waals surface area contributed by atoms with Crippen molar-refractivity contribution >= 4 is 11.9 Å². The van der Waals surface area contributed by atoms with Crippen LogP contribution in [0.5, 0.6) is 5.75 Å². The lowest BCUT2D eigenvalue weighted by Crippen LogP contribution is -2.50. The van der Waals surface area contributed by atoms with Gasteiger partial charge in [0.15, 0.2) is 0 Å². The minimum atomic E-state index is -0.899. The summed E-state index contributed by atoms with van der Waals surface area (Å²) in [5.74, 6) is -1.00. The summed E-state index contributed by atoms with van der Waals surface area (Å²) in [6, 6.07) is 13.9. The van der Waals surface area contributed by atoms with Gasteiger partial charge in [0.2, 0.25) is 0 Å². The average Bonchev–Trinajstić information content (AvgIpc) is 2.67. The predicted octanol–water partition coefficient (Wildman–Crippen LogP) is 3.86. The lowest BCUT2D eigenvalue weighted by Gasteiger charge is -2.43. The molecule has 2 aromatic carbocycles. The summed E-state index contributed by atoms with van der Waals surface area (Å²) >= 11 is 0. The number of methoxy groups -OCH3 is 1. The summed E-state index contributed by atoms with van der Waals surface area (Å²) < 4.78 is 5.19. The highest BCUT2D eigenvalue weighted by Crippen LogP contribution is 2.39. The molecule has 1 amide bonds. The summed E-state index contributed by atoms with van der Waals surface area (Å²) in [4.78, 5) is 27.0. The molecule has 0 fully saturated rings. The third kappa shape index (κ3) is 2.94. The summed E-state index contributed by atoms with van der Waals surface area (Å²) in [7, 11) is 1.61. The zero-order valence-electron chi connectivity index (χ0n) is 15.2. The normalized spacial score (nSPS) is 20.4. The molecule has 0 aromatic heterocycles. The van der Waals surface area contributed by atoms with Crippen molar-refractivity contribution in [3.63, 3.8) is 0 Å². The first-order chi connectivity index (χ1) is 12.5. The van der Waals surface area contributed by atoms with Crippen molar-refractivity contribution in [2.75, 3.05) is 7.11 Å². The monoisotopic (exact) mass is 353 g/mol. The number of carboxylic acids is 1. The third-order valence-electron chi connectivity index (χ3n) is 5.20. The van der Waals surface area contributed by atoms with Crippen LogP contribution >= 0.6 is 0 Å². The van der Waals surface area contributed by atoms with Crippen molar-refractivity contribution in [2.24, 2.45) is 0 Å². The Morgan fingerprint density at radius 1 is 1.19 bits per heavy atom. The molecule has 0 spiro atoms. The summed E-state index contributed by atoms with van der Waals surface area (Å²) in [5, 5.41) is 9.86. The molecule has 3 unspecified atom stereocenters. The first-order valence-corrected chi connectivity index (χ1v) is 8.78. The molecule has 0 aliphatic carbocycles. The maximum Gasteiger partial charge on any atom is 0.313 e. The van der Waals surface area contributed by atoms with Crippen LogP contribution < -0.4 is 4.74 Å². The lowest BCUT2D eigenvalue weighted by molar-refractivity contribution is -0.140. The molecule has 1 N–H and O–H groups in total. The molecule has 5 heteroatoms. The van der Waals surface area contributed by atoms with E-state index in [1.54, 1.807) is 36.3 Å². The topological polar surface area (TPSA) is 66.8 Å². The molecule has 0 bridgehead atoms. The Balaban J connectivity index is 2.07. The van der Waals surface area contributed by atoms with E-state index in [0.717, 1.165) is 11.3 Å². The molecule has 1 aliphatic rings. The van der Waals surface area contributed by atoms with Crippen LogP contribution in [0.3, 0.4) is 0 Å². The quantitative estimate of drug-likeness (QED) is 0.886. The van der Waals surface area contributed by atoms with Crippen LogP contribution in [0.25, 0.3) is 0 Å². The largest absolute Gasteiger partial charge is 0.497 e. The second-order valence-corrected chi connectivity index (χ2v) is 6.54. The van der Waals surface area contributed by atoms with Crippen LogP contribution in [-0.4, -0.2) is 35.0 Å². The molecule has 0 saturated carbocycles. The first kappa shape index (κ1) is 18.0. The molecule has 1 aliphatic heterocycles. The SMILES string of the molecule is CCC1C(C(=O)O)c2ccccc2C(=O)N1C(C)c1ccc(OC)cc1. The number of nitrogens with zero attached hydrogens (tertiary/aromatic N) is 1. The molecule has 1 heterocycles. The van der Waals surface area contributed by atoms with Gasteiger partial charge in [0.25, 0.3) is 5.91 Å². The van der Waals surface area contributed by atoms with Crippen LogP contribution in [0.1, 0.15) is 53.7 Å². The Kier molecular flexibility index (Phi) is 4.98. The van der Waals surface area contributed by atoms with Gasteiger partial charge in [-0.2, -0.15) is 0 Å². The minimum absolute atomic E-state index is 0.117. The van der Waals surface area contributed by atoms with Crippen LogP contribution in [0.2, 0.25) is 0 Å². The fourth-order valence-electron chi connectivity index (χ4n) is 3.86. The zero-order valence-corrected chi connectivity index (χ0v) is 15.2. The predicted molar refractivity (Wildman–Crippen MR) is 98.5 cm³/mol. The Bertz CT molecular complexity index is 815. The molecule has 0 radical (unpaired) electrons. The number of ether oxygens (including phenoxy) is 1. The second-order valence-electron chi connectivity index (χ2n) is 6.54. The highest BCUT2D eigenvalue weighted by atomic mass is 16.5. The van der Waals surface area contributed by atoms with E-state index in [1.807, 2.05) is 38.1 Å². The molecule has 3 atom stereocenters. The van der Waals surface area contributed by atoms with Crippen LogP contribution in [0, 0.1) is 0 Å². The fourth-order valence-corrected chi connectivity index (χ4v) is 3.86. The van der Waals surface area contributed by atoms with Gasteiger partial charge >= 0.3 is 5.97 Å². The van der Waals surface area contributed by atoms with E-state index in [2.05, 4.69) is 0 Å². The molecule has 136 valence electrons. The van der Waals surface area contributed by atoms with Crippen LogP contribution in [-0.2, 0) is 4.79 Å². The number of benzene rings is 2. The number of hydrogen-bond acceptors (Lipinski definition) is 3. The summed E-state index contributed by atoms with van der Waals surface area (Å²) in [6.45, 7) is 3.87. The maximum absolute atomic E-state index is 13.2. The zero-order chi connectivity index (χ0) is 18.8. The highest BCUT2D eigenvalue weighted by Gasteiger charge is 2.44. The lowest BCUT2D eigenvalue weighted by atomic mass is 9.80. The van der Waals surface area contributed by atoms with Gasteiger partial charge in [-0.25, -0.2) is 0 Å². The van der Waals surface area contributed by atoms with Gasteiger partial charge in [-0.15, -0.1) is 0 Å². The number of rotatable bonds is 5. The molecule has 3 rings (SSSR count). The Labute approximate surface area is 153 Å². The van der Waals surface area contributed by atoms with Crippen molar-refractivity contribution in [1.82, 2.24) is 4.90 Å². The van der Waals surface area contributed by atoms with Gasteiger partial charge in [-0.1, -0.05) is 37.3 Å².